The molecule has 1 aromatic rings. The lowest BCUT2D eigenvalue weighted by atomic mass is 9.76. The fraction of sp³-hybridized carbons (Fsp3) is 0.727. The molecular formula is C22H34O. The summed E-state index contributed by atoms with van der Waals surface area (Å²) < 4.78 is 6.46. The Hall–Kier alpha value is -0.820. The molecule has 0 amide bonds. The zero-order valence-electron chi connectivity index (χ0n) is 15.7. The molecule has 1 aromatic carbocycles. The highest BCUT2D eigenvalue weighted by molar-refractivity contribution is 5.30. The van der Waals surface area contributed by atoms with E-state index in [0.717, 1.165) is 11.8 Å². The first kappa shape index (κ1) is 17.0. The van der Waals surface area contributed by atoms with Gasteiger partial charge in [-0.1, -0.05) is 18.2 Å². The van der Waals surface area contributed by atoms with Crippen LogP contribution in [0.5, 0.6) is 0 Å². The van der Waals surface area contributed by atoms with Crippen molar-refractivity contribution in [1.82, 2.24) is 0 Å². The molecule has 23 heavy (non-hydrogen) atoms. The van der Waals surface area contributed by atoms with Crippen LogP contribution in [-0.2, 0) is 11.2 Å². The van der Waals surface area contributed by atoms with Gasteiger partial charge < -0.3 is 4.74 Å². The van der Waals surface area contributed by atoms with E-state index >= 15 is 0 Å². The Morgan fingerprint density at radius 1 is 1.00 bits per heavy atom. The van der Waals surface area contributed by atoms with E-state index in [2.05, 4.69) is 52.8 Å². The van der Waals surface area contributed by atoms with Crippen molar-refractivity contribution in [1.29, 1.82) is 0 Å². The molecule has 0 aliphatic heterocycles. The Morgan fingerprint density at radius 3 is 2.17 bits per heavy atom. The van der Waals surface area contributed by atoms with Crippen LogP contribution in [0.25, 0.3) is 0 Å². The number of ether oxygens (including phenoxy) is 1. The minimum absolute atomic E-state index is 0.00672. The van der Waals surface area contributed by atoms with E-state index in [1.807, 2.05) is 0 Å². The number of hydrogen-bond acceptors (Lipinski definition) is 1. The average molecular weight is 315 g/mol. The smallest absolute Gasteiger partial charge is 0.0719 e. The van der Waals surface area contributed by atoms with Crippen molar-refractivity contribution in [3.63, 3.8) is 0 Å². The Labute approximate surface area is 142 Å². The fourth-order valence-electron chi connectivity index (χ4n) is 4.48. The SMILES string of the molecule is Cc1ccc(CC2CCC(C3(OC(C)(C)C)CC3)CC2)cc1C. The summed E-state index contributed by atoms with van der Waals surface area (Å²) in [5, 5.41) is 0. The first-order chi connectivity index (χ1) is 10.8. The molecule has 0 atom stereocenters. The lowest BCUT2D eigenvalue weighted by Gasteiger charge is -2.38. The van der Waals surface area contributed by atoms with Gasteiger partial charge in [0.15, 0.2) is 0 Å². The molecule has 0 bridgehead atoms. The summed E-state index contributed by atoms with van der Waals surface area (Å²) in [6.07, 6.45) is 9.34. The van der Waals surface area contributed by atoms with Gasteiger partial charge in [0, 0.05) is 0 Å². The van der Waals surface area contributed by atoms with E-state index in [9.17, 15) is 0 Å². The topological polar surface area (TPSA) is 9.23 Å². The lowest BCUT2D eigenvalue weighted by Crippen LogP contribution is -2.36. The first-order valence-electron chi connectivity index (χ1n) is 9.54. The van der Waals surface area contributed by atoms with Crippen LogP contribution in [0, 0.1) is 25.7 Å². The van der Waals surface area contributed by atoms with E-state index in [1.165, 1.54) is 61.6 Å². The molecule has 0 spiro atoms. The van der Waals surface area contributed by atoms with Gasteiger partial charge in [0.2, 0.25) is 0 Å². The molecule has 0 unspecified atom stereocenters. The molecule has 2 aliphatic rings. The predicted octanol–water partition coefficient (Wildman–Crippen LogP) is 6.00. The van der Waals surface area contributed by atoms with Crippen molar-refractivity contribution < 1.29 is 4.74 Å². The summed E-state index contributed by atoms with van der Waals surface area (Å²) in [4.78, 5) is 0. The van der Waals surface area contributed by atoms with Gasteiger partial charge in [0.1, 0.15) is 0 Å². The van der Waals surface area contributed by atoms with Crippen LogP contribution in [0.4, 0.5) is 0 Å². The van der Waals surface area contributed by atoms with Crippen LogP contribution in [0.15, 0.2) is 18.2 Å². The molecule has 1 nitrogen and oxygen atoms in total. The van der Waals surface area contributed by atoms with Gasteiger partial charge in [-0.3, -0.25) is 0 Å². The monoisotopic (exact) mass is 314 g/mol. The molecule has 0 saturated heterocycles. The summed E-state index contributed by atoms with van der Waals surface area (Å²) in [5.41, 5.74) is 4.62. The molecule has 3 rings (SSSR count). The molecule has 0 radical (unpaired) electrons. The maximum atomic E-state index is 6.46. The van der Waals surface area contributed by atoms with Gasteiger partial charge in [-0.05, 0) is 108 Å². The summed E-state index contributed by atoms with van der Waals surface area (Å²) in [7, 11) is 0. The summed E-state index contributed by atoms with van der Waals surface area (Å²) in [6.45, 7) is 11.1. The van der Waals surface area contributed by atoms with Gasteiger partial charge >= 0.3 is 0 Å². The van der Waals surface area contributed by atoms with Crippen LogP contribution in [0.3, 0.4) is 0 Å². The number of aryl methyl sites for hydroxylation is 2. The Balaban J connectivity index is 1.53. The number of rotatable bonds is 4. The molecule has 2 aliphatic carbocycles. The van der Waals surface area contributed by atoms with Crippen LogP contribution in [0.1, 0.15) is 76.0 Å². The first-order valence-corrected chi connectivity index (χ1v) is 9.54. The number of hydrogen-bond donors (Lipinski definition) is 0. The van der Waals surface area contributed by atoms with Crippen LogP contribution in [-0.4, -0.2) is 11.2 Å². The minimum Gasteiger partial charge on any atom is -0.369 e. The molecule has 0 heterocycles. The molecule has 1 heteroatoms. The zero-order valence-corrected chi connectivity index (χ0v) is 15.7. The van der Waals surface area contributed by atoms with Gasteiger partial charge in [-0.2, -0.15) is 0 Å². The predicted molar refractivity (Wildman–Crippen MR) is 97.9 cm³/mol. The Bertz CT molecular complexity index is 540. The van der Waals surface area contributed by atoms with Crippen molar-refractivity contribution in [3.8, 4) is 0 Å². The average Bonchev–Trinajstić information content (AvgIpc) is 3.22. The highest BCUT2D eigenvalue weighted by atomic mass is 16.5. The summed E-state index contributed by atoms with van der Waals surface area (Å²) >= 11 is 0. The number of benzene rings is 1. The van der Waals surface area contributed by atoms with Crippen molar-refractivity contribution in [3.05, 3.63) is 34.9 Å². The Morgan fingerprint density at radius 2 is 1.65 bits per heavy atom. The van der Waals surface area contributed by atoms with Gasteiger partial charge in [-0.25, -0.2) is 0 Å². The van der Waals surface area contributed by atoms with E-state index in [0.29, 0.717) is 0 Å². The highest BCUT2D eigenvalue weighted by Gasteiger charge is 2.52. The third kappa shape index (κ3) is 4.18. The maximum absolute atomic E-state index is 6.46. The van der Waals surface area contributed by atoms with E-state index < -0.39 is 0 Å². The van der Waals surface area contributed by atoms with Crippen LogP contribution in [0.2, 0.25) is 0 Å². The van der Waals surface area contributed by atoms with Crippen molar-refractivity contribution >= 4 is 0 Å². The Kier molecular flexibility index (Phi) is 4.62. The highest BCUT2D eigenvalue weighted by Crippen LogP contribution is 2.53. The molecule has 0 aromatic heterocycles. The second-order valence-corrected chi connectivity index (χ2v) is 9.12. The fourth-order valence-corrected chi connectivity index (χ4v) is 4.48. The van der Waals surface area contributed by atoms with Crippen molar-refractivity contribution in [2.45, 2.75) is 90.8 Å². The molecule has 128 valence electrons. The standard InChI is InChI=1S/C22H34O/c1-16-6-7-19(14-17(16)2)15-18-8-10-20(11-9-18)22(12-13-22)23-21(3,4)5/h6-7,14,18,20H,8-13,15H2,1-5H3. The molecule has 0 N–H and O–H groups in total. The molecule has 2 saturated carbocycles. The largest absolute Gasteiger partial charge is 0.369 e. The van der Waals surface area contributed by atoms with E-state index in [-0.39, 0.29) is 11.2 Å². The normalized spacial score (nSPS) is 27.0. The third-order valence-electron chi connectivity index (χ3n) is 5.94. The van der Waals surface area contributed by atoms with Gasteiger partial charge in [0.05, 0.1) is 11.2 Å². The summed E-state index contributed by atoms with van der Waals surface area (Å²) in [5.74, 6) is 1.68. The molecule has 2 fully saturated rings. The minimum atomic E-state index is 0.00672. The third-order valence-corrected chi connectivity index (χ3v) is 5.94. The van der Waals surface area contributed by atoms with Crippen LogP contribution >= 0.6 is 0 Å². The maximum Gasteiger partial charge on any atom is 0.0719 e. The molecular weight excluding hydrogens is 280 g/mol. The van der Waals surface area contributed by atoms with Crippen molar-refractivity contribution in [2.75, 3.05) is 0 Å². The van der Waals surface area contributed by atoms with Gasteiger partial charge in [0.25, 0.3) is 0 Å². The quantitative estimate of drug-likeness (QED) is 0.662. The van der Waals surface area contributed by atoms with Crippen LogP contribution < -0.4 is 0 Å². The zero-order chi connectivity index (χ0) is 16.7. The second kappa shape index (κ2) is 6.24. The summed E-state index contributed by atoms with van der Waals surface area (Å²) in [6, 6.07) is 7.01. The second-order valence-electron chi connectivity index (χ2n) is 9.12. The lowest BCUT2D eigenvalue weighted by molar-refractivity contribution is -0.111. The van der Waals surface area contributed by atoms with E-state index in [4.69, 9.17) is 4.74 Å². The van der Waals surface area contributed by atoms with Crippen molar-refractivity contribution in [2.24, 2.45) is 11.8 Å². The van der Waals surface area contributed by atoms with Gasteiger partial charge in [-0.15, -0.1) is 0 Å². The van der Waals surface area contributed by atoms with E-state index in [1.54, 1.807) is 0 Å².